The highest BCUT2D eigenvalue weighted by atomic mass is 35.5. The number of halogens is 4. The van der Waals surface area contributed by atoms with Crippen LogP contribution in [0.25, 0.3) is 0 Å². The number of carbonyl (C=O) groups is 1. The van der Waals surface area contributed by atoms with Crippen LogP contribution in [0.4, 0.5) is 18.9 Å². The third-order valence-corrected chi connectivity index (χ3v) is 4.35. The van der Waals surface area contributed by atoms with Crippen molar-refractivity contribution in [2.24, 2.45) is 0 Å². The fourth-order valence-electron chi connectivity index (χ4n) is 2.53. The van der Waals surface area contributed by atoms with Gasteiger partial charge in [-0.2, -0.15) is 13.2 Å². The minimum absolute atomic E-state index is 0.00900. The summed E-state index contributed by atoms with van der Waals surface area (Å²) < 4.78 is 49.6. The largest absolute Gasteiger partial charge is 0.490 e. The average Bonchev–Trinajstić information content (AvgIpc) is 2.73. The monoisotopic (exact) mass is 435 g/mol. The van der Waals surface area contributed by atoms with Gasteiger partial charge in [-0.15, -0.1) is 0 Å². The molecular formula is C22H17ClF3NO3. The van der Waals surface area contributed by atoms with Gasteiger partial charge < -0.3 is 14.8 Å². The fourth-order valence-corrected chi connectivity index (χ4v) is 2.69. The summed E-state index contributed by atoms with van der Waals surface area (Å²) in [5.41, 5.74) is -0.769. The molecule has 8 heteroatoms. The Kier molecular flexibility index (Phi) is 6.84. The third-order valence-electron chi connectivity index (χ3n) is 4.02. The first kappa shape index (κ1) is 21.5. The van der Waals surface area contributed by atoms with Crippen LogP contribution in [0.3, 0.4) is 0 Å². The van der Waals surface area contributed by atoms with E-state index in [4.69, 9.17) is 21.1 Å². The number of nitrogens with one attached hydrogen (secondary N) is 1. The second-order valence-corrected chi connectivity index (χ2v) is 6.59. The summed E-state index contributed by atoms with van der Waals surface area (Å²) in [6.07, 6.45) is -4.53. The molecule has 3 rings (SSSR count). The Morgan fingerprint density at radius 1 is 0.867 bits per heavy atom. The summed E-state index contributed by atoms with van der Waals surface area (Å²) in [5.74, 6) is 0.678. The van der Waals surface area contributed by atoms with Crippen LogP contribution in [-0.2, 0) is 6.18 Å². The van der Waals surface area contributed by atoms with Gasteiger partial charge in [-0.3, -0.25) is 4.79 Å². The SMILES string of the molecule is O=C(Nc1cc(C(F)(F)F)ccc1Cl)c1ccc(OCCOc2ccccc2)cc1. The highest BCUT2D eigenvalue weighted by Crippen LogP contribution is 2.34. The van der Waals surface area contributed by atoms with Crippen LogP contribution in [0.15, 0.2) is 72.8 Å². The van der Waals surface area contributed by atoms with Crippen LogP contribution in [-0.4, -0.2) is 19.1 Å². The van der Waals surface area contributed by atoms with Crippen molar-refractivity contribution in [2.45, 2.75) is 6.18 Å². The molecule has 30 heavy (non-hydrogen) atoms. The smallest absolute Gasteiger partial charge is 0.416 e. The normalized spacial score (nSPS) is 11.1. The lowest BCUT2D eigenvalue weighted by Gasteiger charge is -2.12. The van der Waals surface area contributed by atoms with Gasteiger partial charge in [-0.25, -0.2) is 0 Å². The summed E-state index contributed by atoms with van der Waals surface area (Å²) in [6.45, 7) is 0.653. The molecule has 0 saturated carbocycles. The topological polar surface area (TPSA) is 47.6 Å². The van der Waals surface area contributed by atoms with Gasteiger partial charge in [0.2, 0.25) is 0 Å². The average molecular weight is 436 g/mol. The highest BCUT2D eigenvalue weighted by Gasteiger charge is 2.31. The number of hydrogen-bond acceptors (Lipinski definition) is 3. The number of anilines is 1. The van der Waals surface area contributed by atoms with E-state index in [9.17, 15) is 18.0 Å². The van der Waals surface area contributed by atoms with E-state index in [1.165, 1.54) is 12.1 Å². The van der Waals surface area contributed by atoms with Crippen LogP contribution in [0, 0.1) is 0 Å². The van der Waals surface area contributed by atoms with Crippen molar-refractivity contribution in [3.8, 4) is 11.5 Å². The maximum absolute atomic E-state index is 12.8. The van der Waals surface area contributed by atoms with Gasteiger partial charge in [0, 0.05) is 5.56 Å². The quantitative estimate of drug-likeness (QED) is 0.458. The molecule has 0 atom stereocenters. The zero-order valence-electron chi connectivity index (χ0n) is 15.6. The lowest BCUT2D eigenvalue weighted by atomic mass is 10.1. The molecule has 0 radical (unpaired) electrons. The van der Waals surface area contributed by atoms with Crippen molar-refractivity contribution >= 4 is 23.2 Å². The summed E-state index contributed by atoms with van der Waals surface area (Å²) in [7, 11) is 0. The van der Waals surface area contributed by atoms with Crippen molar-refractivity contribution in [3.63, 3.8) is 0 Å². The van der Waals surface area contributed by atoms with Crippen LogP contribution < -0.4 is 14.8 Å². The number of benzene rings is 3. The molecule has 1 amide bonds. The number of alkyl halides is 3. The van der Waals surface area contributed by atoms with Crippen molar-refractivity contribution in [3.05, 3.63) is 88.9 Å². The molecule has 0 aliphatic carbocycles. The van der Waals surface area contributed by atoms with E-state index in [-0.39, 0.29) is 16.3 Å². The number of ether oxygens (including phenoxy) is 2. The molecule has 0 aromatic heterocycles. The molecule has 1 N–H and O–H groups in total. The Balaban J connectivity index is 1.55. The number of para-hydroxylation sites is 1. The first-order chi connectivity index (χ1) is 14.3. The molecule has 4 nitrogen and oxygen atoms in total. The van der Waals surface area contributed by atoms with E-state index in [1.54, 1.807) is 12.1 Å². The van der Waals surface area contributed by atoms with E-state index in [0.29, 0.717) is 19.0 Å². The molecule has 0 unspecified atom stereocenters. The molecule has 0 heterocycles. The van der Waals surface area contributed by atoms with Gasteiger partial charge in [0.15, 0.2) is 0 Å². The van der Waals surface area contributed by atoms with E-state index in [0.717, 1.165) is 23.9 Å². The second-order valence-electron chi connectivity index (χ2n) is 6.18. The van der Waals surface area contributed by atoms with Gasteiger partial charge in [0.1, 0.15) is 24.7 Å². The molecule has 156 valence electrons. The molecule has 3 aromatic carbocycles. The standard InChI is InChI=1S/C22H17ClF3NO3/c23-19-11-8-16(22(24,25)26)14-20(19)27-21(28)15-6-9-18(10-7-15)30-13-12-29-17-4-2-1-3-5-17/h1-11,14H,12-13H2,(H,27,28). The number of carbonyl (C=O) groups excluding carboxylic acids is 1. The lowest BCUT2D eigenvalue weighted by Crippen LogP contribution is -2.14. The Labute approximate surface area is 176 Å². The molecule has 3 aromatic rings. The predicted octanol–water partition coefficient (Wildman–Crippen LogP) is 6.07. The van der Waals surface area contributed by atoms with E-state index in [1.807, 2.05) is 30.3 Å². The minimum atomic E-state index is -4.53. The summed E-state index contributed by atoms with van der Waals surface area (Å²) in [6, 6.07) is 18.2. The maximum Gasteiger partial charge on any atom is 0.416 e. The molecular weight excluding hydrogens is 419 g/mol. The van der Waals surface area contributed by atoms with Gasteiger partial charge in [0.05, 0.1) is 16.3 Å². The maximum atomic E-state index is 12.8. The van der Waals surface area contributed by atoms with Crippen molar-refractivity contribution < 1.29 is 27.4 Å². The number of hydrogen-bond donors (Lipinski definition) is 1. The van der Waals surface area contributed by atoms with Gasteiger partial charge in [-0.05, 0) is 54.6 Å². The Morgan fingerprint density at radius 3 is 2.07 bits per heavy atom. The second kappa shape index (κ2) is 9.54. The van der Waals surface area contributed by atoms with Crippen LogP contribution in [0.1, 0.15) is 15.9 Å². The Hall–Kier alpha value is -3.19. The van der Waals surface area contributed by atoms with Gasteiger partial charge in [-0.1, -0.05) is 29.8 Å². The van der Waals surface area contributed by atoms with E-state index in [2.05, 4.69) is 5.32 Å². The molecule has 0 aliphatic rings. The number of rotatable bonds is 7. The van der Waals surface area contributed by atoms with Crippen LogP contribution in [0.5, 0.6) is 11.5 Å². The molecule has 0 bridgehead atoms. The highest BCUT2D eigenvalue weighted by molar-refractivity contribution is 6.34. The lowest BCUT2D eigenvalue weighted by molar-refractivity contribution is -0.137. The first-order valence-corrected chi connectivity index (χ1v) is 9.29. The minimum Gasteiger partial charge on any atom is -0.490 e. The zero-order valence-corrected chi connectivity index (χ0v) is 16.3. The van der Waals surface area contributed by atoms with Gasteiger partial charge in [0.25, 0.3) is 5.91 Å². The molecule has 0 fully saturated rings. The summed E-state index contributed by atoms with van der Waals surface area (Å²) >= 11 is 5.90. The Bertz CT molecular complexity index is 993. The predicted molar refractivity (Wildman–Crippen MR) is 108 cm³/mol. The molecule has 0 saturated heterocycles. The van der Waals surface area contributed by atoms with Crippen LogP contribution >= 0.6 is 11.6 Å². The number of amides is 1. The Morgan fingerprint density at radius 2 is 1.47 bits per heavy atom. The van der Waals surface area contributed by atoms with Crippen molar-refractivity contribution in [1.29, 1.82) is 0 Å². The van der Waals surface area contributed by atoms with Gasteiger partial charge >= 0.3 is 6.18 Å². The van der Waals surface area contributed by atoms with Crippen molar-refractivity contribution in [2.75, 3.05) is 18.5 Å². The third kappa shape index (κ3) is 5.90. The summed E-state index contributed by atoms with van der Waals surface area (Å²) in [4.78, 5) is 12.3. The van der Waals surface area contributed by atoms with E-state index < -0.39 is 17.6 Å². The zero-order chi connectivity index (χ0) is 21.6. The summed E-state index contributed by atoms with van der Waals surface area (Å²) in [5, 5.41) is 2.41. The first-order valence-electron chi connectivity index (χ1n) is 8.92. The molecule has 0 spiro atoms. The fraction of sp³-hybridized carbons (Fsp3) is 0.136. The van der Waals surface area contributed by atoms with Crippen molar-refractivity contribution in [1.82, 2.24) is 0 Å². The molecule has 0 aliphatic heterocycles. The van der Waals surface area contributed by atoms with E-state index >= 15 is 0 Å². The van der Waals surface area contributed by atoms with Crippen LogP contribution in [0.2, 0.25) is 5.02 Å².